The smallest absolute Gasteiger partial charge is 0.263 e. The Hall–Kier alpha value is -1.77. The first-order valence-electron chi connectivity index (χ1n) is 7.78. The minimum absolute atomic E-state index is 0.102. The van der Waals surface area contributed by atoms with Gasteiger partial charge >= 0.3 is 0 Å². The lowest BCUT2D eigenvalue weighted by molar-refractivity contribution is 0.0941. The Bertz CT molecular complexity index is 812. The minimum Gasteiger partial charge on any atom is -0.345 e. The zero-order valence-corrected chi connectivity index (χ0v) is 14.9. The lowest BCUT2D eigenvalue weighted by Gasteiger charge is -2.17. The Kier molecular flexibility index (Phi) is 4.98. The highest BCUT2D eigenvalue weighted by molar-refractivity contribution is 7.89. The summed E-state index contributed by atoms with van der Waals surface area (Å²) in [5.74, 6) is -0.376. The lowest BCUT2D eigenvalue weighted by Crippen LogP contribution is -2.31. The second kappa shape index (κ2) is 7.00. The van der Waals surface area contributed by atoms with Gasteiger partial charge in [-0.05, 0) is 42.8 Å². The molecule has 1 unspecified atom stereocenters. The summed E-state index contributed by atoms with van der Waals surface area (Å²) in [7, 11) is -3.60. The summed E-state index contributed by atoms with van der Waals surface area (Å²) in [6.07, 6.45) is 5.07. The number of pyridine rings is 1. The van der Waals surface area contributed by atoms with Gasteiger partial charge in [0.1, 0.15) is 9.77 Å². The van der Waals surface area contributed by atoms with E-state index in [-0.39, 0.29) is 21.7 Å². The molecule has 1 aliphatic rings. The van der Waals surface area contributed by atoms with Crippen LogP contribution in [0.5, 0.6) is 0 Å². The number of rotatable bonds is 5. The number of nitrogens with one attached hydrogen (secondary N) is 1. The number of carbonyl (C=O) groups excluding carboxylic acids is 1. The van der Waals surface area contributed by atoms with Crippen LogP contribution in [0, 0.1) is 0 Å². The molecule has 3 rings (SSSR count). The van der Waals surface area contributed by atoms with Gasteiger partial charge in [-0.1, -0.05) is 6.07 Å². The fraction of sp³-hybridized carbons (Fsp3) is 0.375. The molecule has 24 heavy (non-hydrogen) atoms. The topological polar surface area (TPSA) is 79.4 Å². The van der Waals surface area contributed by atoms with E-state index in [1.807, 2.05) is 13.0 Å². The monoisotopic (exact) mass is 365 g/mol. The molecule has 0 bridgehead atoms. The first-order chi connectivity index (χ1) is 11.5. The fourth-order valence-corrected chi connectivity index (χ4v) is 5.53. The average Bonchev–Trinajstić information content (AvgIpc) is 3.27. The Labute approximate surface area is 145 Å². The van der Waals surface area contributed by atoms with E-state index in [0.29, 0.717) is 13.1 Å². The van der Waals surface area contributed by atoms with Crippen molar-refractivity contribution < 1.29 is 13.2 Å². The maximum absolute atomic E-state index is 12.7. The van der Waals surface area contributed by atoms with Crippen LogP contribution in [0.4, 0.5) is 0 Å². The third kappa shape index (κ3) is 3.35. The number of hydrogen-bond donors (Lipinski definition) is 1. The lowest BCUT2D eigenvalue weighted by atomic mass is 10.1. The molecule has 1 atom stereocenters. The van der Waals surface area contributed by atoms with Crippen LogP contribution in [0.1, 0.15) is 41.0 Å². The Morgan fingerprint density at radius 1 is 1.33 bits per heavy atom. The van der Waals surface area contributed by atoms with Crippen LogP contribution < -0.4 is 5.32 Å². The Morgan fingerprint density at radius 2 is 2.08 bits per heavy atom. The molecule has 0 radical (unpaired) electrons. The summed E-state index contributed by atoms with van der Waals surface area (Å²) in [5.41, 5.74) is 0.867. The molecule has 1 saturated heterocycles. The average molecular weight is 365 g/mol. The standard InChI is InChI=1S/C16H19N3O3S2/c1-12(13-5-4-7-17-11-13)18-16(20)15-14(6-10-23-15)24(21,22)19-8-2-3-9-19/h4-7,10-12H,2-3,8-9H2,1H3,(H,18,20). The van der Waals surface area contributed by atoms with Crippen LogP contribution in [0.15, 0.2) is 40.9 Å². The molecule has 1 aliphatic heterocycles. The van der Waals surface area contributed by atoms with E-state index in [1.165, 1.54) is 10.4 Å². The van der Waals surface area contributed by atoms with E-state index in [1.54, 1.807) is 23.8 Å². The van der Waals surface area contributed by atoms with Gasteiger partial charge in [-0.25, -0.2) is 8.42 Å². The van der Waals surface area contributed by atoms with Gasteiger partial charge < -0.3 is 5.32 Å². The molecule has 8 heteroatoms. The van der Waals surface area contributed by atoms with Crippen LogP contribution in [-0.4, -0.2) is 36.7 Å². The SMILES string of the molecule is CC(NC(=O)c1sccc1S(=O)(=O)N1CCCC1)c1cccnc1. The summed E-state index contributed by atoms with van der Waals surface area (Å²) < 4.78 is 26.9. The van der Waals surface area contributed by atoms with Crippen molar-refractivity contribution in [3.8, 4) is 0 Å². The van der Waals surface area contributed by atoms with Crippen LogP contribution in [0.3, 0.4) is 0 Å². The second-order valence-corrected chi connectivity index (χ2v) is 8.53. The van der Waals surface area contributed by atoms with Gasteiger partial charge in [-0.2, -0.15) is 4.31 Å². The normalized spacial score (nSPS) is 16.9. The molecule has 1 N–H and O–H groups in total. The van der Waals surface area contributed by atoms with Crippen LogP contribution in [0.25, 0.3) is 0 Å². The van der Waals surface area contributed by atoms with Crippen molar-refractivity contribution in [1.82, 2.24) is 14.6 Å². The number of aromatic nitrogens is 1. The number of carbonyl (C=O) groups is 1. The third-order valence-electron chi connectivity index (χ3n) is 4.05. The maximum atomic E-state index is 12.7. The van der Waals surface area contributed by atoms with Crippen molar-refractivity contribution >= 4 is 27.3 Å². The zero-order chi connectivity index (χ0) is 17.2. The molecule has 1 fully saturated rings. The largest absolute Gasteiger partial charge is 0.345 e. The molecule has 6 nitrogen and oxygen atoms in total. The van der Waals surface area contributed by atoms with Crippen molar-refractivity contribution in [2.24, 2.45) is 0 Å². The fourth-order valence-electron chi connectivity index (χ4n) is 2.71. The highest BCUT2D eigenvalue weighted by atomic mass is 32.2. The van der Waals surface area contributed by atoms with Crippen molar-refractivity contribution in [2.45, 2.75) is 30.7 Å². The third-order valence-corrected chi connectivity index (χ3v) is 7.03. The van der Waals surface area contributed by atoms with Crippen molar-refractivity contribution in [3.63, 3.8) is 0 Å². The van der Waals surface area contributed by atoms with E-state index < -0.39 is 10.0 Å². The molecule has 2 aromatic rings. The molecule has 1 amide bonds. The van der Waals surface area contributed by atoms with Gasteiger partial charge in [0.2, 0.25) is 10.0 Å². The first-order valence-corrected chi connectivity index (χ1v) is 10.1. The predicted molar refractivity (Wildman–Crippen MR) is 92.4 cm³/mol. The molecular formula is C16H19N3O3S2. The second-order valence-electron chi connectivity index (χ2n) is 5.71. The zero-order valence-electron chi connectivity index (χ0n) is 13.3. The summed E-state index contributed by atoms with van der Waals surface area (Å²) in [6.45, 7) is 2.88. The first kappa shape index (κ1) is 17.1. The van der Waals surface area contributed by atoms with Gasteiger partial charge in [0.25, 0.3) is 5.91 Å². The van der Waals surface area contributed by atoms with E-state index in [2.05, 4.69) is 10.3 Å². The van der Waals surface area contributed by atoms with Crippen LogP contribution in [0.2, 0.25) is 0 Å². The van der Waals surface area contributed by atoms with Gasteiger partial charge in [-0.3, -0.25) is 9.78 Å². The Morgan fingerprint density at radius 3 is 2.75 bits per heavy atom. The summed E-state index contributed by atoms with van der Waals surface area (Å²) in [5, 5.41) is 4.50. The summed E-state index contributed by atoms with van der Waals surface area (Å²) in [4.78, 5) is 16.9. The Balaban J connectivity index is 1.81. The molecule has 0 aromatic carbocycles. The molecule has 0 spiro atoms. The summed E-state index contributed by atoms with van der Waals surface area (Å²) >= 11 is 1.15. The number of hydrogen-bond acceptors (Lipinski definition) is 5. The van der Waals surface area contributed by atoms with Crippen molar-refractivity contribution in [2.75, 3.05) is 13.1 Å². The number of sulfonamides is 1. The summed E-state index contributed by atoms with van der Waals surface area (Å²) in [6, 6.07) is 4.93. The molecular weight excluding hydrogens is 346 g/mol. The number of nitrogens with zero attached hydrogens (tertiary/aromatic N) is 2. The molecule has 0 aliphatic carbocycles. The van der Waals surface area contributed by atoms with E-state index in [4.69, 9.17) is 0 Å². The highest BCUT2D eigenvalue weighted by Gasteiger charge is 2.32. The van der Waals surface area contributed by atoms with Gasteiger partial charge in [0, 0.05) is 25.5 Å². The van der Waals surface area contributed by atoms with Crippen molar-refractivity contribution in [3.05, 3.63) is 46.4 Å². The van der Waals surface area contributed by atoms with Crippen molar-refractivity contribution in [1.29, 1.82) is 0 Å². The predicted octanol–water partition coefficient (Wildman–Crippen LogP) is 2.42. The van der Waals surface area contributed by atoms with Gasteiger partial charge in [-0.15, -0.1) is 11.3 Å². The van der Waals surface area contributed by atoms with Gasteiger partial charge in [0.15, 0.2) is 0 Å². The van der Waals surface area contributed by atoms with Crippen LogP contribution in [-0.2, 0) is 10.0 Å². The molecule has 128 valence electrons. The quantitative estimate of drug-likeness (QED) is 0.882. The maximum Gasteiger partial charge on any atom is 0.263 e. The van der Waals surface area contributed by atoms with Gasteiger partial charge in [0.05, 0.1) is 6.04 Å². The van der Waals surface area contributed by atoms with Crippen LogP contribution >= 0.6 is 11.3 Å². The number of amides is 1. The van der Waals surface area contributed by atoms with E-state index >= 15 is 0 Å². The molecule has 3 heterocycles. The van der Waals surface area contributed by atoms with E-state index in [9.17, 15) is 13.2 Å². The molecule has 2 aromatic heterocycles. The number of thiophene rings is 1. The highest BCUT2D eigenvalue weighted by Crippen LogP contribution is 2.28. The van der Waals surface area contributed by atoms with E-state index in [0.717, 1.165) is 29.7 Å². The molecule has 0 saturated carbocycles. The minimum atomic E-state index is -3.60.